The lowest BCUT2D eigenvalue weighted by molar-refractivity contribution is 0.399. The summed E-state index contributed by atoms with van der Waals surface area (Å²) in [5.41, 5.74) is 3.22. The molecular formula is C12H14N2O. The summed E-state index contributed by atoms with van der Waals surface area (Å²) in [4.78, 5) is 4.50. The van der Waals surface area contributed by atoms with Gasteiger partial charge in [0.05, 0.1) is 19.1 Å². The highest BCUT2D eigenvalue weighted by atomic mass is 16.5. The number of nitrogens with zero attached hydrogens (tertiary/aromatic N) is 2. The van der Waals surface area contributed by atoms with E-state index < -0.39 is 0 Å². The maximum absolute atomic E-state index is 8.92. The molecule has 2 rings (SSSR count). The van der Waals surface area contributed by atoms with Crippen molar-refractivity contribution in [3.8, 4) is 11.8 Å². The van der Waals surface area contributed by atoms with Crippen LogP contribution in [0.5, 0.6) is 5.75 Å². The number of aromatic nitrogens is 1. The fraction of sp³-hybridized carbons (Fsp3) is 0.500. The second-order valence-electron chi connectivity index (χ2n) is 3.96. The van der Waals surface area contributed by atoms with Crippen LogP contribution in [0.25, 0.3) is 0 Å². The van der Waals surface area contributed by atoms with Crippen LogP contribution in [0.2, 0.25) is 0 Å². The van der Waals surface area contributed by atoms with Crippen LogP contribution in [0.1, 0.15) is 23.4 Å². The molecule has 1 aliphatic rings. The highest BCUT2D eigenvalue weighted by Crippen LogP contribution is 2.31. The van der Waals surface area contributed by atoms with E-state index in [-0.39, 0.29) is 5.92 Å². The van der Waals surface area contributed by atoms with E-state index in [0.29, 0.717) is 0 Å². The molecule has 0 aromatic carbocycles. The summed E-state index contributed by atoms with van der Waals surface area (Å²) in [5, 5.41) is 8.92. The zero-order chi connectivity index (χ0) is 10.8. The number of hydrogen-bond acceptors (Lipinski definition) is 3. The summed E-state index contributed by atoms with van der Waals surface area (Å²) in [6, 6.07) is 4.27. The number of pyridine rings is 1. The fourth-order valence-electron chi connectivity index (χ4n) is 2.11. The van der Waals surface area contributed by atoms with Crippen LogP contribution >= 0.6 is 0 Å². The van der Waals surface area contributed by atoms with Crippen LogP contribution in [0.4, 0.5) is 0 Å². The molecular weight excluding hydrogens is 188 g/mol. The summed E-state index contributed by atoms with van der Waals surface area (Å²) in [6.07, 6.45) is 2.59. The molecule has 0 radical (unpaired) electrons. The van der Waals surface area contributed by atoms with Crippen molar-refractivity contribution < 1.29 is 4.74 Å². The molecule has 1 atom stereocenters. The van der Waals surface area contributed by atoms with E-state index in [1.165, 1.54) is 0 Å². The summed E-state index contributed by atoms with van der Waals surface area (Å²) >= 11 is 0. The van der Waals surface area contributed by atoms with Gasteiger partial charge in [-0.05, 0) is 26.2 Å². The molecule has 0 bridgehead atoms. The van der Waals surface area contributed by atoms with Crippen molar-refractivity contribution in [1.82, 2.24) is 4.98 Å². The number of methoxy groups -OCH3 is 1. The number of rotatable bonds is 1. The van der Waals surface area contributed by atoms with Gasteiger partial charge in [0.2, 0.25) is 0 Å². The molecule has 3 heteroatoms. The zero-order valence-electron chi connectivity index (χ0n) is 9.08. The first-order valence-corrected chi connectivity index (χ1v) is 5.17. The van der Waals surface area contributed by atoms with Gasteiger partial charge in [0, 0.05) is 23.0 Å². The zero-order valence-corrected chi connectivity index (χ0v) is 9.08. The smallest absolute Gasteiger partial charge is 0.125 e. The number of ether oxygens (including phenoxy) is 1. The van der Waals surface area contributed by atoms with Crippen molar-refractivity contribution in [2.45, 2.75) is 26.2 Å². The molecule has 0 aliphatic heterocycles. The van der Waals surface area contributed by atoms with E-state index in [0.717, 1.165) is 42.0 Å². The normalized spacial score (nSPS) is 19.1. The monoisotopic (exact) mass is 202 g/mol. The second-order valence-corrected chi connectivity index (χ2v) is 3.96. The topological polar surface area (TPSA) is 45.9 Å². The summed E-state index contributed by atoms with van der Waals surface area (Å²) in [7, 11) is 1.67. The van der Waals surface area contributed by atoms with Crippen molar-refractivity contribution in [3.05, 3.63) is 23.0 Å². The Hall–Kier alpha value is -1.56. The van der Waals surface area contributed by atoms with Gasteiger partial charge >= 0.3 is 0 Å². The number of fused-ring (bicyclic) bond motifs is 1. The van der Waals surface area contributed by atoms with Crippen molar-refractivity contribution in [1.29, 1.82) is 5.26 Å². The third kappa shape index (κ3) is 1.80. The molecule has 0 N–H and O–H groups in total. The summed E-state index contributed by atoms with van der Waals surface area (Å²) in [6.45, 7) is 1.97. The van der Waals surface area contributed by atoms with Gasteiger partial charge in [0.1, 0.15) is 5.75 Å². The Balaban J connectivity index is 2.44. The van der Waals surface area contributed by atoms with Gasteiger partial charge in [0.25, 0.3) is 0 Å². The Kier molecular flexibility index (Phi) is 2.59. The number of nitriles is 1. The average molecular weight is 202 g/mol. The molecule has 0 fully saturated rings. The molecule has 0 saturated heterocycles. The Bertz CT molecular complexity index is 403. The molecule has 1 aromatic rings. The lowest BCUT2D eigenvalue weighted by Gasteiger charge is -2.21. The minimum Gasteiger partial charge on any atom is -0.496 e. The van der Waals surface area contributed by atoms with E-state index in [1.54, 1.807) is 7.11 Å². The average Bonchev–Trinajstić information content (AvgIpc) is 2.27. The number of hydrogen-bond donors (Lipinski definition) is 0. The minimum atomic E-state index is 0.121. The Labute approximate surface area is 89.7 Å². The van der Waals surface area contributed by atoms with Crippen molar-refractivity contribution >= 4 is 0 Å². The van der Waals surface area contributed by atoms with Gasteiger partial charge in [-0.1, -0.05) is 0 Å². The maximum Gasteiger partial charge on any atom is 0.125 e. The predicted octanol–water partition coefficient (Wildman–Crippen LogP) is 2.03. The molecule has 15 heavy (non-hydrogen) atoms. The molecule has 1 unspecified atom stereocenters. The summed E-state index contributed by atoms with van der Waals surface area (Å²) < 4.78 is 5.34. The molecule has 0 amide bonds. The first-order chi connectivity index (χ1) is 7.24. The standard InChI is InChI=1S/C12H14N2O/c1-8-5-12(15-2)10-6-9(7-13)3-4-11(10)14-8/h5,9H,3-4,6H2,1-2H3. The van der Waals surface area contributed by atoms with E-state index >= 15 is 0 Å². The Morgan fingerprint density at radius 2 is 2.40 bits per heavy atom. The predicted molar refractivity (Wildman–Crippen MR) is 56.7 cm³/mol. The first-order valence-electron chi connectivity index (χ1n) is 5.17. The SMILES string of the molecule is COc1cc(C)nc2c1CC(C#N)CC2. The van der Waals surface area contributed by atoms with E-state index in [9.17, 15) is 0 Å². The van der Waals surface area contributed by atoms with Crippen LogP contribution in [0.3, 0.4) is 0 Å². The van der Waals surface area contributed by atoms with Crippen molar-refractivity contribution in [3.63, 3.8) is 0 Å². The fourth-order valence-corrected chi connectivity index (χ4v) is 2.11. The van der Waals surface area contributed by atoms with E-state index in [1.807, 2.05) is 13.0 Å². The molecule has 1 aromatic heterocycles. The van der Waals surface area contributed by atoms with Gasteiger partial charge in [-0.15, -0.1) is 0 Å². The van der Waals surface area contributed by atoms with Gasteiger partial charge in [0.15, 0.2) is 0 Å². The third-order valence-corrected chi connectivity index (χ3v) is 2.88. The third-order valence-electron chi connectivity index (χ3n) is 2.88. The quantitative estimate of drug-likeness (QED) is 0.700. The Morgan fingerprint density at radius 3 is 3.07 bits per heavy atom. The van der Waals surface area contributed by atoms with Gasteiger partial charge in [-0.25, -0.2) is 0 Å². The highest BCUT2D eigenvalue weighted by Gasteiger charge is 2.22. The van der Waals surface area contributed by atoms with E-state index in [2.05, 4.69) is 11.1 Å². The van der Waals surface area contributed by atoms with Gasteiger partial charge in [-0.2, -0.15) is 5.26 Å². The molecule has 0 saturated carbocycles. The van der Waals surface area contributed by atoms with Crippen LogP contribution < -0.4 is 4.74 Å². The van der Waals surface area contributed by atoms with Crippen LogP contribution in [-0.4, -0.2) is 12.1 Å². The minimum absolute atomic E-state index is 0.121. The van der Waals surface area contributed by atoms with Gasteiger partial charge < -0.3 is 4.74 Å². The molecule has 3 nitrogen and oxygen atoms in total. The molecule has 0 spiro atoms. The van der Waals surface area contributed by atoms with Gasteiger partial charge in [-0.3, -0.25) is 4.98 Å². The largest absolute Gasteiger partial charge is 0.496 e. The Morgan fingerprint density at radius 1 is 1.60 bits per heavy atom. The van der Waals surface area contributed by atoms with E-state index in [4.69, 9.17) is 10.00 Å². The van der Waals surface area contributed by atoms with Crippen molar-refractivity contribution in [2.75, 3.05) is 7.11 Å². The highest BCUT2D eigenvalue weighted by molar-refractivity contribution is 5.40. The van der Waals surface area contributed by atoms with Crippen molar-refractivity contribution in [2.24, 2.45) is 5.92 Å². The van der Waals surface area contributed by atoms with Crippen LogP contribution in [0, 0.1) is 24.2 Å². The first kappa shape index (κ1) is 9.97. The lowest BCUT2D eigenvalue weighted by atomic mass is 9.87. The molecule has 1 aliphatic carbocycles. The number of aryl methyl sites for hydroxylation is 2. The molecule has 78 valence electrons. The summed E-state index contributed by atoms with van der Waals surface area (Å²) in [5.74, 6) is 1.01. The maximum atomic E-state index is 8.92. The molecule has 1 heterocycles. The van der Waals surface area contributed by atoms with Crippen LogP contribution in [-0.2, 0) is 12.8 Å². The van der Waals surface area contributed by atoms with Crippen LogP contribution in [0.15, 0.2) is 6.07 Å². The second kappa shape index (κ2) is 3.90. The lowest BCUT2D eigenvalue weighted by Crippen LogP contribution is -2.15.